The van der Waals surface area contributed by atoms with E-state index in [2.05, 4.69) is 0 Å². The number of aryl methyl sites for hydroxylation is 1. The third-order valence-electron chi connectivity index (χ3n) is 2.86. The molecule has 104 valence electrons. The van der Waals surface area contributed by atoms with E-state index >= 15 is 0 Å². The lowest BCUT2D eigenvalue weighted by molar-refractivity contribution is -0.116. The monoisotopic (exact) mass is 324 g/mol. The standard InChI is InChI=1S/C16H14Cl2OS/c1-11-5-7-13(8-6-11)20-10-12(19)9-14-15(17)3-2-4-16(14)18/h2-8H,9-10H2,1H3. The van der Waals surface area contributed by atoms with Gasteiger partial charge in [0.2, 0.25) is 0 Å². The van der Waals surface area contributed by atoms with Crippen molar-refractivity contribution >= 4 is 40.7 Å². The highest BCUT2D eigenvalue weighted by molar-refractivity contribution is 8.00. The first-order chi connectivity index (χ1) is 9.56. The minimum absolute atomic E-state index is 0.116. The maximum atomic E-state index is 12.0. The van der Waals surface area contributed by atoms with E-state index < -0.39 is 0 Å². The van der Waals surface area contributed by atoms with E-state index in [1.54, 1.807) is 18.2 Å². The minimum atomic E-state index is 0.116. The third kappa shape index (κ3) is 4.27. The van der Waals surface area contributed by atoms with Gasteiger partial charge in [0, 0.05) is 21.4 Å². The van der Waals surface area contributed by atoms with Crippen LogP contribution in [0.25, 0.3) is 0 Å². The molecule has 2 aromatic rings. The third-order valence-corrected chi connectivity index (χ3v) is 4.64. The van der Waals surface area contributed by atoms with E-state index in [0.29, 0.717) is 21.4 Å². The molecule has 4 heteroatoms. The second-order valence-electron chi connectivity index (χ2n) is 4.52. The smallest absolute Gasteiger partial charge is 0.147 e. The number of halogens is 2. The zero-order valence-electron chi connectivity index (χ0n) is 11.0. The van der Waals surface area contributed by atoms with Gasteiger partial charge in [0.25, 0.3) is 0 Å². The number of carbonyl (C=O) groups excluding carboxylic acids is 1. The summed E-state index contributed by atoms with van der Waals surface area (Å²) in [4.78, 5) is 13.1. The van der Waals surface area contributed by atoms with Crippen LogP contribution in [0.5, 0.6) is 0 Å². The number of Topliss-reactive ketones (excluding diaryl/α,β-unsaturated/α-hetero) is 1. The molecular weight excluding hydrogens is 311 g/mol. The molecule has 0 radical (unpaired) electrons. The molecule has 0 spiro atoms. The molecule has 0 heterocycles. The maximum absolute atomic E-state index is 12.0. The van der Waals surface area contributed by atoms with E-state index in [9.17, 15) is 4.79 Å². The summed E-state index contributed by atoms with van der Waals surface area (Å²) in [5.74, 6) is 0.538. The molecule has 0 N–H and O–H groups in total. The Hall–Kier alpha value is -0.960. The topological polar surface area (TPSA) is 17.1 Å². The molecule has 0 saturated heterocycles. The van der Waals surface area contributed by atoms with Crippen molar-refractivity contribution in [2.24, 2.45) is 0 Å². The molecule has 0 fully saturated rings. The Bertz CT molecular complexity index is 588. The number of ketones is 1. The van der Waals surface area contributed by atoms with Crippen LogP contribution in [-0.4, -0.2) is 11.5 Å². The molecule has 20 heavy (non-hydrogen) atoms. The van der Waals surface area contributed by atoms with Gasteiger partial charge in [0.1, 0.15) is 5.78 Å². The van der Waals surface area contributed by atoms with Crippen LogP contribution in [-0.2, 0) is 11.2 Å². The summed E-state index contributed by atoms with van der Waals surface area (Å²) in [5, 5.41) is 1.09. The molecular formula is C16H14Cl2OS. The van der Waals surface area contributed by atoms with Gasteiger partial charge in [-0.3, -0.25) is 4.79 Å². The van der Waals surface area contributed by atoms with Crippen LogP contribution in [0.4, 0.5) is 0 Å². The minimum Gasteiger partial charge on any atom is -0.298 e. The normalized spacial score (nSPS) is 10.6. The lowest BCUT2D eigenvalue weighted by Crippen LogP contribution is -2.06. The zero-order chi connectivity index (χ0) is 14.5. The fourth-order valence-corrected chi connectivity index (χ4v) is 3.04. The molecule has 1 nitrogen and oxygen atoms in total. The molecule has 2 rings (SSSR count). The Kier molecular flexibility index (Phi) is 5.53. The molecule has 0 saturated carbocycles. The van der Waals surface area contributed by atoms with Crippen molar-refractivity contribution in [1.82, 2.24) is 0 Å². The van der Waals surface area contributed by atoms with Crippen molar-refractivity contribution in [2.45, 2.75) is 18.2 Å². The average Bonchev–Trinajstić information content (AvgIpc) is 2.42. The van der Waals surface area contributed by atoms with Crippen molar-refractivity contribution in [2.75, 3.05) is 5.75 Å². The number of thioether (sulfide) groups is 1. The summed E-state index contributed by atoms with van der Waals surface area (Å²) in [5.41, 5.74) is 1.92. The molecule has 0 atom stereocenters. The van der Waals surface area contributed by atoms with Crippen molar-refractivity contribution < 1.29 is 4.79 Å². The number of carbonyl (C=O) groups is 1. The van der Waals surface area contributed by atoms with Crippen molar-refractivity contribution in [3.05, 3.63) is 63.6 Å². The Morgan fingerprint density at radius 2 is 1.65 bits per heavy atom. The molecule has 0 unspecified atom stereocenters. The number of benzene rings is 2. The molecule has 0 bridgehead atoms. The molecule has 0 aliphatic carbocycles. The second kappa shape index (κ2) is 7.16. The Balaban J connectivity index is 1.94. The SMILES string of the molecule is Cc1ccc(SCC(=O)Cc2c(Cl)cccc2Cl)cc1. The van der Waals surface area contributed by atoms with E-state index in [0.717, 1.165) is 4.90 Å². The highest BCUT2D eigenvalue weighted by atomic mass is 35.5. The number of hydrogen-bond acceptors (Lipinski definition) is 2. The molecule has 0 aliphatic rings. The zero-order valence-corrected chi connectivity index (χ0v) is 13.4. The van der Waals surface area contributed by atoms with Gasteiger partial charge in [-0.1, -0.05) is 47.0 Å². The summed E-state index contributed by atoms with van der Waals surface area (Å²) in [6.45, 7) is 2.04. The van der Waals surface area contributed by atoms with Crippen molar-refractivity contribution in [3.63, 3.8) is 0 Å². The van der Waals surface area contributed by atoms with Crippen LogP contribution < -0.4 is 0 Å². The summed E-state index contributed by atoms with van der Waals surface area (Å²) in [6, 6.07) is 13.4. The van der Waals surface area contributed by atoms with Gasteiger partial charge < -0.3 is 0 Å². The maximum Gasteiger partial charge on any atom is 0.147 e. The van der Waals surface area contributed by atoms with Crippen LogP contribution in [0.1, 0.15) is 11.1 Å². The van der Waals surface area contributed by atoms with Gasteiger partial charge in [-0.25, -0.2) is 0 Å². The van der Waals surface area contributed by atoms with Crippen LogP contribution in [0.15, 0.2) is 47.4 Å². The Labute approximate surface area is 133 Å². The van der Waals surface area contributed by atoms with Gasteiger partial charge in [-0.05, 0) is 36.8 Å². The van der Waals surface area contributed by atoms with Crippen LogP contribution in [0.3, 0.4) is 0 Å². The fourth-order valence-electron chi connectivity index (χ4n) is 1.75. The van der Waals surface area contributed by atoms with E-state index in [1.807, 2.05) is 31.2 Å². The van der Waals surface area contributed by atoms with Gasteiger partial charge in [0.05, 0.1) is 5.75 Å². The average molecular weight is 325 g/mol. The highest BCUT2D eigenvalue weighted by Crippen LogP contribution is 2.26. The van der Waals surface area contributed by atoms with Gasteiger partial charge in [0.15, 0.2) is 0 Å². The number of rotatable bonds is 5. The molecule has 0 aliphatic heterocycles. The molecule has 0 amide bonds. The van der Waals surface area contributed by atoms with E-state index in [1.165, 1.54) is 17.3 Å². The Morgan fingerprint density at radius 3 is 2.25 bits per heavy atom. The van der Waals surface area contributed by atoms with E-state index in [-0.39, 0.29) is 12.2 Å². The first-order valence-electron chi connectivity index (χ1n) is 6.20. The Morgan fingerprint density at radius 1 is 1.05 bits per heavy atom. The van der Waals surface area contributed by atoms with Crippen LogP contribution in [0, 0.1) is 6.92 Å². The first-order valence-corrected chi connectivity index (χ1v) is 7.94. The summed E-state index contributed by atoms with van der Waals surface area (Å²) < 4.78 is 0. The molecule has 0 aromatic heterocycles. The van der Waals surface area contributed by atoms with Gasteiger partial charge >= 0.3 is 0 Å². The fraction of sp³-hybridized carbons (Fsp3) is 0.188. The molecule has 2 aromatic carbocycles. The highest BCUT2D eigenvalue weighted by Gasteiger charge is 2.11. The largest absolute Gasteiger partial charge is 0.298 e. The van der Waals surface area contributed by atoms with Crippen molar-refractivity contribution in [1.29, 1.82) is 0 Å². The lowest BCUT2D eigenvalue weighted by atomic mass is 10.1. The first kappa shape index (κ1) is 15.4. The van der Waals surface area contributed by atoms with Crippen LogP contribution >= 0.6 is 35.0 Å². The quantitative estimate of drug-likeness (QED) is 0.702. The van der Waals surface area contributed by atoms with Crippen molar-refractivity contribution in [3.8, 4) is 0 Å². The number of hydrogen-bond donors (Lipinski definition) is 0. The summed E-state index contributed by atoms with van der Waals surface area (Å²) >= 11 is 13.7. The summed E-state index contributed by atoms with van der Waals surface area (Å²) in [7, 11) is 0. The lowest BCUT2D eigenvalue weighted by Gasteiger charge is -2.06. The summed E-state index contributed by atoms with van der Waals surface area (Å²) in [6.07, 6.45) is 0.275. The second-order valence-corrected chi connectivity index (χ2v) is 6.38. The van der Waals surface area contributed by atoms with Gasteiger partial charge in [-0.2, -0.15) is 0 Å². The van der Waals surface area contributed by atoms with E-state index in [4.69, 9.17) is 23.2 Å². The van der Waals surface area contributed by atoms with Gasteiger partial charge in [-0.15, -0.1) is 11.8 Å². The predicted octanol–water partition coefficient (Wildman–Crippen LogP) is 5.21. The van der Waals surface area contributed by atoms with Crippen LogP contribution in [0.2, 0.25) is 10.0 Å². The predicted molar refractivity (Wildman–Crippen MR) is 87.1 cm³/mol.